The number of benzene rings is 1. The zero-order valence-corrected chi connectivity index (χ0v) is 23.0. The number of nitrogens with one attached hydrogen (secondary N) is 2. The number of rotatable bonds is 14. The van der Waals surface area contributed by atoms with E-state index in [0.717, 1.165) is 82.1 Å². The van der Waals surface area contributed by atoms with Crippen LogP contribution in [0.4, 0.5) is 18.6 Å². The van der Waals surface area contributed by atoms with E-state index in [1.54, 1.807) is 0 Å². The highest BCUT2D eigenvalue weighted by Gasteiger charge is 2.24. The predicted octanol–water partition coefficient (Wildman–Crippen LogP) is 5.06. The first-order chi connectivity index (χ1) is 18.3. The fraction of sp³-hybridized carbons (Fsp3) is 0.560. The summed E-state index contributed by atoms with van der Waals surface area (Å²) in [7, 11) is 0. The third-order valence-corrected chi connectivity index (χ3v) is 7.28. The number of anilines is 1. The molecule has 9 nitrogen and oxygen atoms in total. The van der Waals surface area contributed by atoms with Gasteiger partial charge in [0.05, 0.1) is 5.02 Å². The minimum Gasteiger partial charge on any atom is -0.477 e. The fourth-order valence-corrected chi connectivity index (χ4v) is 5.06. The Morgan fingerprint density at radius 2 is 1.76 bits per heavy atom. The van der Waals surface area contributed by atoms with Crippen LogP contribution in [-0.2, 0) is 6.61 Å². The molecule has 0 atom stereocenters. The normalized spacial score (nSPS) is 14.4. The van der Waals surface area contributed by atoms with Crippen molar-refractivity contribution in [1.29, 1.82) is 0 Å². The zero-order chi connectivity index (χ0) is 27.5. The van der Waals surface area contributed by atoms with Gasteiger partial charge in [0.15, 0.2) is 5.56 Å². The predicted molar refractivity (Wildman–Crippen MR) is 143 cm³/mol. The van der Waals surface area contributed by atoms with Gasteiger partial charge in [-0.05, 0) is 56.0 Å². The lowest BCUT2D eigenvalue weighted by atomic mass is 10.2. The first kappa shape index (κ1) is 30.0. The first-order valence-corrected chi connectivity index (χ1v) is 13.9. The third-order valence-electron chi connectivity index (χ3n) is 6.25. The monoisotopic (exact) mass is 573 g/mol. The molecule has 2 heterocycles. The van der Waals surface area contributed by atoms with Crippen LogP contribution in [0.25, 0.3) is 0 Å². The lowest BCUT2D eigenvalue weighted by Crippen LogP contribution is -2.46. The van der Waals surface area contributed by atoms with Crippen LogP contribution in [0.2, 0.25) is 5.02 Å². The average molecular weight is 574 g/mol. The molecule has 0 spiro atoms. The summed E-state index contributed by atoms with van der Waals surface area (Å²) in [6.45, 7) is 9.01. The summed E-state index contributed by atoms with van der Waals surface area (Å²) in [5.41, 5.74) is -0.520. The molecule has 0 bridgehead atoms. The number of halogens is 3. The number of carboxylic acids is 1. The molecule has 1 aliphatic rings. The first-order valence-electron chi connectivity index (χ1n) is 12.8. The number of carbonyl (C=O) groups excluding carboxylic acids is 1. The molecule has 38 heavy (non-hydrogen) atoms. The molecule has 1 aliphatic heterocycles. The van der Waals surface area contributed by atoms with Crippen molar-refractivity contribution in [1.82, 2.24) is 19.5 Å². The molecule has 1 fully saturated rings. The number of nitrogens with zero attached hydrogens (tertiary/aromatic N) is 3. The Labute approximate surface area is 230 Å². The van der Waals surface area contributed by atoms with Crippen LogP contribution in [0.5, 0.6) is 5.88 Å². The highest BCUT2D eigenvalue weighted by atomic mass is 35.5. The smallest absolute Gasteiger partial charge is 0.344 e. The number of aromatic carboxylic acids is 1. The minimum absolute atomic E-state index is 0.0215. The van der Waals surface area contributed by atoms with Crippen molar-refractivity contribution in [2.45, 2.75) is 45.6 Å². The Bertz CT molecular complexity index is 1080. The third kappa shape index (κ3) is 9.04. The number of hydrogen-bond donors (Lipinski definition) is 3. The topological polar surface area (TPSA) is 107 Å². The standard InChI is InChI=1S/C25H34ClF2N5O4S/c1-2-8-32-10-12-33(13-11-32)9-6-4-3-5-7-29-25(36)30-23-21(24(34)35)22(31-38-23)37-16-17-14-20(28)18(26)15-19(17)27/h14-15H,2-13,16H2,1H3,(H,34,35)(H2,29,30,36). The van der Waals surface area contributed by atoms with Crippen molar-refractivity contribution in [3.63, 3.8) is 0 Å². The summed E-state index contributed by atoms with van der Waals surface area (Å²) in [5.74, 6) is -3.31. The molecule has 2 aromatic rings. The number of carbonyl (C=O) groups is 2. The number of ether oxygens (including phenoxy) is 1. The molecule has 0 saturated carbocycles. The average Bonchev–Trinajstić information content (AvgIpc) is 3.28. The summed E-state index contributed by atoms with van der Waals surface area (Å²) in [4.78, 5) is 29.0. The number of aromatic nitrogens is 1. The molecule has 3 rings (SSSR count). The van der Waals surface area contributed by atoms with Crippen molar-refractivity contribution >= 4 is 40.1 Å². The van der Waals surface area contributed by atoms with Crippen LogP contribution in [0, 0.1) is 11.6 Å². The maximum atomic E-state index is 14.0. The highest BCUT2D eigenvalue weighted by Crippen LogP contribution is 2.31. The van der Waals surface area contributed by atoms with E-state index in [1.165, 1.54) is 13.0 Å². The second kappa shape index (κ2) is 15.2. The van der Waals surface area contributed by atoms with Crippen molar-refractivity contribution in [2.24, 2.45) is 0 Å². The summed E-state index contributed by atoms with van der Waals surface area (Å²) in [6, 6.07) is 1.12. The van der Waals surface area contributed by atoms with Gasteiger partial charge in [0.2, 0.25) is 5.88 Å². The van der Waals surface area contributed by atoms with Crippen molar-refractivity contribution in [3.8, 4) is 5.88 Å². The molecule has 2 amide bonds. The second-order valence-corrected chi connectivity index (χ2v) is 10.3. The maximum Gasteiger partial charge on any atom is 0.344 e. The highest BCUT2D eigenvalue weighted by molar-refractivity contribution is 7.11. The Hall–Kier alpha value is -2.54. The largest absolute Gasteiger partial charge is 0.477 e. The van der Waals surface area contributed by atoms with Gasteiger partial charge < -0.3 is 25.0 Å². The maximum absolute atomic E-state index is 14.0. The quantitative estimate of drug-likeness (QED) is 0.214. The van der Waals surface area contributed by atoms with Crippen LogP contribution in [0.3, 0.4) is 0 Å². The molecule has 1 aromatic carbocycles. The SMILES string of the molecule is CCCN1CCN(CCCCCCNC(=O)Nc2snc(OCc3cc(F)c(Cl)cc3F)c2C(=O)O)CC1. The summed E-state index contributed by atoms with van der Waals surface area (Å²) >= 11 is 6.26. The molecular formula is C25H34ClF2N5O4S. The lowest BCUT2D eigenvalue weighted by Gasteiger charge is -2.34. The lowest BCUT2D eigenvalue weighted by molar-refractivity contribution is 0.0693. The van der Waals surface area contributed by atoms with E-state index in [0.29, 0.717) is 6.54 Å². The number of carboxylic acid groups (broad SMARTS) is 1. The van der Waals surface area contributed by atoms with Gasteiger partial charge >= 0.3 is 12.0 Å². The number of unbranched alkanes of at least 4 members (excludes halogenated alkanes) is 3. The van der Waals surface area contributed by atoms with Gasteiger partial charge in [-0.2, -0.15) is 4.37 Å². The minimum atomic E-state index is -1.38. The van der Waals surface area contributed by atoms with E-state index in [2.05, 4.69) is 31.7 Å². The fourth-order valence-electron chi connectivity index (χ4n) is 4.18. The van der Waals surface area contributed by atoms with Crippen molar-refractivity contribution in [2.75, 3.05) is 51.1 Å². The van der Waals surface area contributed by atoms with Gasteiger partial charge in [-0.1, -0.05) is 31.4 Å². The number of urea groups is 1. The van der Waals surface area contributed by atoms with E-state index >= 15 is 0 Å². The second-order valence-electron chi connectivity index (χ2n) is 9.12. The molecule has 210 valence electrons. The van der Waals surface area contributed by atoms with Gasteiger partial charge in [0, 0.05) is 38.3 Å². The van der Waals surface area contributed by atoms with Crippen LogP contribution >= 0.6 is 23.1 Å². The Morgan fingerprint density at radius 3 is 2.45 bits per heavy atom. The Morgan fingerprint density at radius 1 is 1.08 bits per heavy atom. The van der Waals surface area contributed by atoms with Crippen LogP contribution in [-0.4, -0.2) is 77.1 Å². The van der Waals surface area contributed by atoms with E-state index < -0.39 is 30.2 Å². The Balaban J connectivity index is 1.36. The van der Waals surface area contributed by atoms with Crippen LogP contribution in [0.1, 0.15) is 54.9 Å². The summed E-state index contributed by atoms with van der Waals surface area (Å²) in [6.07, 6.45) is 5.19. The van der Waals surface area contributed by atoms with Crippen LogP contribution in [0.15, 0.2) is 12.1 Å². The number of hydrogen-bond acceptors (Lipinski definition) is 7. The Kier molecular flexibility index (Phi) is 12.0. The zero-order valence-electron chi connectivity index (χ0n) is 21.4. The molecule has 0 unspecified atom stereocenters. The number of amides is 2. The molecule has 3 N–H and O–H groups in total. The molecule has 0 aliphatic carbocycles. The van der Waals surface area contributed by atoms with E-state index in [9.17, 15) is 23.5 Å². The summed E-state index contributed by atoms with van der Waals surface area (Å²) in [5, 5.41) is 14.4. The van der Waals surface area contributed by atoms with Gasteiger partial charge in [-0.25, -0.2) is 18.4 Å². The van der Waals surface area contributed by atoms with E-state index in [1.807, 2.05) is 0 Å². The van der Waals surface area contributed by atoms with Gasteiger partial charge in [0.1, 0.15) is 23.2 Å². The molecule has 1 aromatic heterocycles. The molecule has 0 radical (unpaired) electrons. The van der Waals surface area contributed by atoms with Gasteiger partial charge in [0.25, 0.3) is 0 Å². The molecule has 1 saturated heterocycles. The van der Waals surface area contributed by atoms with Gasteiger partial charge in [-0.3, -0.25) is 5.32 Å². The van der Waals surface area contributed by atoms with Crippen molar-refractivity contribution < 1.29 is 28.2 Å². The molecular weight excluding hydrogens is 540 g/mol. The van der Waals surface area contributed by atoms with E-state index in [4.69, 9.17) is 16.3 Å². The van der Waals surface area contributed by atoms with Gasteiger partial charge in [-0.15, -0.1) is 0 Å². The number of piperazine rings is 1. The summed E-state index contributed by atoms with van der Waals surface area (Å²) < 4.78 is 36.8. The van der Waals surface area contributed by atoms with Crippen LogP contribution < -0.4 is 15.4 Å². The van der Waals surface area contributed by atoms with Crippen molar-refractivity contribution in [3.05, 3.63) is 39.9 Å². The van der Waals surface area contributed by atoms with E-state index in [-0.39, 0.29) is 27.0 Å². The molecule has 13 heteroatoms.